The van der Waals surface area contributed by atoms with Gasteiger partial charge in [-0.05, 0) is 52.9 Å². The summed E-state index contributed by atoms with van der Waals surface area (Å²) in [6.45, 7) is 0.193. The summed E-state index contributed by atoms with van der Waals surface area (Å²) >= 11 is 2.11. The van der Waals surface area contributed by atoms with Crippen molar-refractivity contribution in [3.8, 4) is 5.75 Å². The van der Waals surface area contributed by atoms with Gasteiger partial charge < -0.3 is 9.30 Å². The minimum absolute atomic E-state index is 0.193. The Labute approximate surface area is 117 Å². The van der Waals surface area contributed by atoms with Crippen LogP contribution in [0.3, 0.4) is 0 Å². The third-order valence-corrected chi connectivity index (χ3v) is 3.22. The van der Waals surface area contributed by atoms with Gasteiger partial charge in [0.15, 0.2) is 5.75 Å². The van der Waals surface area contributed by atoms with Crippen molar-refractivity contribution in [3.05, 3.63) is 61.8 Å². The molecule has 0 fully saturated rings. The molecule has 1 aromatic carbocycles. The van der Waals surface area contributed by atoms with Gasteiger partial charge in [0.05, 0.1) is 13.7 Å². The Morgan fingerprint density at radius 3 is 2.89 bits per heavy atom. The van der Waals surface area contributed by atoms with E-state index in [4.69, 9.17) is 4.74 Å². The van der Waals surface area contributed by atoms with E-state index in [1.54, 1.807) is 30.5 Å². The number of hydrogen-bond acceptors (Lipinski definition) is 2. The maximum absolute atomic E-state index is 13.6. The molecule has 0 saturated carbocycles. The van der Waals surface area contributed by atoms with Crippen molar-refractivity contribution in [3.63, 3.8) is 0 Å². The average Bonchev–Trinajstić information content (AvgIpc) is 2.36. The van der Waals surface area contributed by atoms with Crippen LogP contribution in [0.1, 0.15) is 5.56 Å². The first-order valence-electron chi connectivity index (χ1n) is 5.29. The Hall–Kier alpha value is -1.37. The molecule has 5 heteroatoms. The van der Waals surface area contributed by atoms with E-state index in [0.29, 0.717) is 5.56 Å². The summed E-state index contributed by atoms with van der Waals surface area (Å²) in [5.74, 6) is -0.0614. The molecule has 2 aromatic rings. The molecule has 0 radical (unpaired) electrons. The van der Waals surface area contributed by atoms with Crippen LogP contribution in [-0.4, -0.2) is 11.7 Å². The Morgan fingerprint density at radius 2 is 2.17 bits per heavy atom. The second kappa shape index (κ2) is 5.51. The molecule has 2 rings (SSSR count). The van der Waals surface area contributed by atoms with Crippen LogP contribution in [0.15, 0.2) is 41.3 Å². The molecule has 0 aliphatic rings. The predicted molar refractivity (Wildman–Crippen MR) is 75.5 cm³/mol. The first-order chi connectivity index (χ1) is 8.61. The molecule has 0 bridgehead atoms. The molecule has 3 nitrogen and oxygen atoms in total. The Bertz CT molecular complexity index is 625. The van der Waals surface area contributed by atoms with E-state index in [9.17, 15) is 9.18 Å². The van der Waals surface area contributed by atoms with Gasteiger partial charge in [-0.1, -0.05) is 0 Å². The van der Waals surface area contributed by atoms with Gasteiger partial charge in [0.2, 0.25) is 0 Å². The topological polar surface area (TPSA) is 31.2 Å². The minimum atomic E-state index is -0.315. The second-order valence-electron chi connectivity index (χ2n) is 3.75. The Kier molecular flexibility index (Phi) is 4.00. The first kappa shape index (κ1) is 13.1. The zero-order chi connectivity index (χ0) is 13.1. The van der Waals surface area contributed by atoms with Crippen molar-refractivity contribution >= 4 is 22.6 Å². The fraction of sp³-hybridized carbons (Fsp3) is 0.154. The number of hydrogen-bond donors (Lipinski definition) is 0. The third kappa shape index (κ3) is 2.72. The lowest BCUT2D eigenvalue weighted by Crippen LogP contribution is -2.21. The molecule has 0 N–H and O–H groups in total. The van der Waals surface area contributed by atoms with Crippen LogP contribution in [0.25, 0.3) is 0 Å². The SMILES string of the molecule is COc1cccn(Cc2cc(I)ccc2F)c1=O. The highest BCUT2D eigenvalue weighted by Crippen LogP contribution is 2.13. The lowest BCUT2D eigenvalue weighted by Gasteiger charge is -2.08. The smallest absolute Gasteiger partial charge is 0.293 e. The van der Waals surface area contributed by atoms with E-state index in [1.165, 1.54) is 17.7 Å². The van der Waals surface area contributed by atoms with Gasteiger partial charge >= 0.3 is 0 Å². The number of rotatable bonds is 3. The molecule has 0 atom stereocenters. The molecule has 0 aliphatic carbocycles. The van der Waals surface area contributed by atoms with Crippen molar-refractivity contribution in [2.24, 2.45) is 0 Å². The van der Waals surface area contributed by atoms with Gasteiger partial charge in [-0.2, -0.15) is 0 Å². The van der Waals surface area contributed by atoms with Gasteiger partial charge in [0, 0.05) is 15.3 Å². The maximum Gasteiger partial charge on any atom is 0.293 e. The predicted octanol–water partition coefficient (Wildman–Crippen LogP) is 2.65. The van der Waals surface area contributed by atoms with Gasteiger partial charge in [0.25, 0.3) is 5.56 Å². The highest BCUT2D eigenvalue weighted by Gasteiger charge is 2.07. The van der Waals surface area contributed by atoms with Crippen molar-refractivity contribution < 1.29 is 9.13 Å². The van der Waals surface area contributed by atoms with E-state index in [2.05, 4.69) is 22.6 Å². The highest BCUT2D eigenvalue weighted by atomic mass is 127. The quantitative estimate of drug-likeness (QED) is 0.790. The van der Waals surface area contributed by atoms with Crippen LogP contribution in [0.2, 0.25) is 0 Å². The van der Waals surface area contributed by atoms with Crippen molar-refractivity contribution in [1.82, 2.24) is 4.57 Å². The number of aromatic nitrogens is 1. The summed E-state index contributed by atoms with van der Waals surface area (Å²) in [6, 6.07) is 8.11. The van der Waals surface area contributed by atoms with Crippen LogP contribution in [0.4, 0.5) is 4.39 Å². The molecular formula is C13H11FINO2. The zero-order valence-electron chi connectivity index (χ0n) is 9.69. The largest absolute Gasteiger partial charge is 0.491 e. The summed E-state index contributed by atoms with van der Waals surface area (Å²) in [7, 11) is 1.44. The van der Waals surface area contributed by atoms with Crippen molar-refractivity contribution in [2.45, 2.75) is 6.54 Å². The highest BCUT2D eigenvalue weighted by molar-refractivity contribution is 14.1. The lowest BCUT2D eigenvalue weighted by molar-refractivity contribution is 0.403. The molecule has 0 spiro atoms. The fourth-order valence-corrected chi connectivity index (χ4v) is 2.20. The molecule has 1 aromatic heterocycles. The van der Waals surface area contributed by atoms with Crippen molar-refractivity contribution in [2.75, 3.05) is 7.11 Å². The number of ether oxygens (including phenoxy) is 1. The summed E-state index contributed by atoms with van der Waals surface area (Å²) in [6.07, 6.45) is 1.62. The normalized spacial score (nSPS) is 10.4. The van der Waals surface area contributed by atoms with Crippen LogP contribution in [0.5, 0.6) is 5.75 Å². The summed E-state index contributed by atoms with van der Waals surface area (Å²) in [4.78, 5) is 11.9. The van der Waals surface area contributed by atoms with E-state index in [-0.39, 0.29) is 23.7 Å². The number of halogens is 2. The molecule has 0 amide bonds. The van der Waals surface area contributed by atoms with Gasteiger partial charge in [0.1, 0.15) is 5.82 Å². The van der Waals surface area contributed by atoms with E-state index < -0.39 is 0 Å². The number of methoxy groups -OCH3 is 1. The standard InChI is InChI=1S/C13H11FINO2/c1-18-12-3-2-6-16(13(12)17)8-9-7-10(15)4-5-11(9)14/h2-7H,8H2,1H3. The van der Waals surface area contributed by atoms with E-state index in [1.807, 2.05) is 0 Å². The molecule has 94 valence electrons. The van der Waals surface area contributed by atoms with Gasteiger partial charge in [-0.3, -0.25) is 4.79 Å². The molecule has 0 aliphatic heterocycles. The van der Waals surface area contributed by atoms with E-state index >= 15 is 0 Å². The number of benzene rings is 1. The summed E-state index contributed by atoms with van der Waals surface area (Å²) in [5, 5.41) is 0. The Morgan fingerprint density at radius 1 is 1.39 bits per heavy atom. The number of nitrogens with zero attached hydrogens (tertiary/aromatic N) is 1. The third-order valence-electron chi connectivity index (χ3n) is 2.55. The van der Waals surface area contributed by atoms with E-state index in [0.717, 1.165) is 3.57 Å². The molecule has 0 unspecified atom stereocenters. The second-order valence-corrected chi connectivity index (χ2v) is 4.99. The van der Waals surface area contributed by atoms with Crippen molar-refractivity contribution in [1.29, 1.82) is 0 Å². The number of pyridine rings is 1. The maximum atomic E-state index is 13.6. The minimum Gasteiger partial charge on any atom is -0.491 e. The molecular weight excluding hydrogens is 348 g/mol. The first-order valence-corrected chi connectivity index (χ1v) is 6.37. The molecule has 1 heterocycles. The molecule has 0 saturated heterocycles. The lowest BCUT2D eigenvalue weighted by atomic mass is 10.2. The van der Waals surface area contributed by atoms with Crippen LogP contribution in [0, 0.1) is 9.39 Å². The monoisotopic (exact) mass is 359 g/mol. The van der Waals surface area contributed by atoms with Gasteiger partial charge in [-0.25, -0.2) is 4.39 Å². The van der Waals surface area contributed by atoms with Crippen LogP contribution >= 0.6 is 22.6 Å². The summed E-state index contributed by atoms with van der Waals surface area (Å²) < 4.78 is 20.9. The average molecular weight is 359 g/mol. The van der Waals surface area contributed by atoms with Gasteiger partial charge in [-0.15, -0.1) is 0 Å². The van der Waals surface area contributed by atoms with Crippen LogP contribution in [-0.2, 0) is 6.54 Å². The van der Waals surface area contributed by atoms with Crippen LogP contribution < -0.4 is 10.3 Å². The Balaban J connectivity index is 2.40. The zero-order valence-corrected chi connectivity index (χ0v) is 11.8. The molecule has 18 heavy (non-hydrogen) atoms. The fourth-order valence-electron chi connectivity index (χ4n) is 1.64. The summed E-state index contributed by atoms with van der Waals surface area (Å²) in [5.41, 5.74) is 0.218.